The van der Waals surface area contributed by atoms with Crippen LogP contribution >= 0.6 is 11.8 Å². The van der Waals surface area contributed by atoms with Crippen LogP contribution in [0, 0.1) is 11.8 Å². The number of benzene rings is 1. The third-order valence-electron chi connectivity index (χ3n) is 6.27. The Morgan fingerprint density at radius 1 is 1.19 bits per heavy atom. The maximum absolute atomic E-state index is 12.9. The fourth-order valence-corrected chi connectivity index (χ4v) is 6.57. The lowest BCUT2D eigenvalue weighted by molar-refractivity contribution is -0.924. The van der Waals surface area contributed by atoms with Gasteiger partial charge in [0.15, 0.2) is 0 Å². The minimum absolute atomic E-state index is 0.0391. The smallest absolute Gasteiger partial charge is 0.239 e. The van der Waals surface area contributed by atoms with Gasteiger partial charge in [0.05, 0.1) is 11.3 Å². The number of nitrogens with one attached hydrogen (secondary N) is 1. The van der Waals surface area contributed by atoms with Crippen molar-refractivity contribution in [3.63, 3.8) is 0 Å². The van der Waals surface area contributed by atoms with Crippen molar-refractivity contribution in [1.82, 2.24) is 9.47 Å². The van der Waals surface area contributed by atoms with Gasteiger partial charge < -0.3 is 4.90 Å². The highest BCUT2D eigenvalue weighted by Crippen LogP contribution is 2.44. The van der Waals surface area contributed by atoms with Crippen LogP contribution in [0.2, 0.25) is 0 Å². The van der Waals surface area contributed by atoms with Gasteiger partial charge in [-0.05, 0) is 6.07 Å². The van der Waals surface area contributed by atoms with Crippen molar-refractivity contribution in [2.45, 2.75) is 19.0 Å². The maximum atomic E-state index is 12.9. The molecule has 0 bridgehead atoms. The number of quaternary nitrogens is 1. The number of thioether (sulfide) groups is 1. The first-order valence-electron chi connectivity index (χ1n) is 8.86. The number of carbonyl (C=O) groups excluding carboxylic acids is 3. The van der Waals surface area contributed by atoms with Crippen LogP contribution in [0.1, 0.15) is 23.3 Å². The summed E-state index contributed by atoms with van der Waals surface area (Å²) in [6.45, 7) is 1.55. The van der Waals surface area contributed by atoms with Gasteiger partial charge in [0.2, 0.25) is 17.7 Å². The van der Waals surface area contributed by atoms with E-state index in [1.54, 1.807) is 18.5 Å². The van der Waals surface area contributed by atoms with E-state index < -0.39 is 0 Å². The van der Waals surface area contributed by atoms with Gasteiger partial charge in [-0.15, -0.1) is 0 Å². The molecule has 3 aliphatic heterocycles. The topological polar surface area (TPSA) is 63.8 Å². The first kappa shape index (κ1) is 16.1. The average Bonchev–Trinajstić information content (AvgIpc) is 3.34. The van der Waals surface area contributed by atoms with Gasteiger partial charge in [0.25, 0.3) is 0 Å². The Labute approximate surface area is 155 Å². The number of hydrogen-bond donors (Lipinski definition) is 1. The molecule has 26 heavy (non-hydrogen) atoms. The summed E-state index contributed by atoms with van der Waals surface area (Å²) in [4.78, 5) is 40.4. The maximum Gasteiger partial charge on any atom is 0.239 e. The molecule has 3 fully saturated rings. The van der Waals surface area contributed by atoms with E-state index in [1.807, 2.05) is 42.2 Å². The molecule has 2 amide bonds. The summed E-state index contributed by atoms with van der Waals surface area (Å²) in [5, 5.41) is 1.01. The molecule has 5 atom stereocenters. The predicted molar refractivity (Wildman–Crippen MR) is 97.8 cm³/mol. The Morgan fingerprint density at radius 2 is 1.92 bits per heavy atom. The molecule has 4 heterocycles. The summed E-state index contributed by atoms with van der Waals surface area (Å²) in [6, 6.07) is 7.93. The second-order valence-electron chi connectivity index (χ2n) is 7.45. The largest absolute Gasteiger partial charge is 0.316 e. The summed E-state index contributed by atoms with van der Waals surface area (Å²) >= 11 is 1.84. The molecule has 1 N–H and O–H groups in total. The van der Waals surface area contributed by atoms with Gasteiger partial charge >= 0.3 is 0 Å². The Kier molecular flexibility index (Phi) is 3.36. The van der Waals surface area contributed by atoms with Crippen LogP contribution in [0.15, 0.2) is 30.5 Å². The standard InChI is InChI=1S/C19H19N3O3S/c1-10(23)21-7-12(11-5-3-4-6-13(11)21)17-16-15(14-8-26-9-22(14)17)18(24)20(2)19(16)25/h3-7,14-17H,8-9H2,1-2H3/p+1/t14-,15-,16-,17+/m1/s1. The van der Waals surface area contributed by atoms with Gasteiger partial charge in [-0.3, -0.25) is 23.9 Å². The summed E-state index contributed by atoms with van der Waals surface area (Å²) in [5.41, 5.74) is 1.88. The Hall–Kier alpha value is -2.12. The molecule has 1 aromatic carbocycles. The molecule has 2 aromatic rings. The van der Waals surface area contributed by atoms with Crippen LogP contribution in [0.5, 0.6) is 0 Å². The van der Waals surface area contributed by atoms with E-state index in [1.165, 1.54) is 9.80 Å². The van der Waals surface area contributed by atoms with Crippen molar-refractivity contribution >= 4 is 40.4 Å². The van der Waals surface area contributed by atoms with Crippen molar-refractivity contribution < 1.29 is 19.3 Å². The molecular formula is C19H20N3O3S+. The lowest BCUT2D eigenvalue weighted by Gasteiger charge is -2.24. The number of carbonyl (C=O) groups is 3. The number of para-hydroxylation sites is 1. The molecule has 5 rings (SSSR count). The molecule has 0 aliphatic carbocycles. The number of nitrogens with zero attached hydrogens (tertiary/aromatic N) is 2. The van der Waals surface area contributed by atoms with E-state index in [0.29, 0.717) is 0 Å². The van der Waals surface area contributed by atoms with Crippen molar-refractivity contribution in [2.75, 3.05) is 18.7 Å². The van der Waals surface area contributed by atoms with Crippen molar-refractivity contribution in [3.05, 3.63) is 36.0 Å². The van der Waals surface area contributed by atoms with Gasteiger partial charge in [0, 0.05) is 31.1 Å². The Balaban J connectivity index is 1.72. The van der Waals surface area contributed by atoms with E-state index in [4.69, 9.17) is 0 Å². The van der Waals surface area contributed by atoms with Gasteiger partial charge in [-0.1, -0.05) is 30.0 Å². The van der Waals surface area contributed by atoms with Crippen molar-refractivity contribution in [1.29, 1.82) is 0 Å². The molecule has 0 spiro atoms. The third kappa shape index (κ3) is 1.90. The predicted octanol–water partition coefficient (Wildman–Crippen LogP) is 0.545. The van der Waals surface area contributed by atoms with Crippen LogP contribution in [0.25, 0.3) is 10.9 Å². The zero-order valence-electron chi connectivity index (χ0n) is 14.6. The van der Waals surface area contributed by atoms with Crippen molar-refractivity contribution in [2.24, 2.45) is 11.8 Å². The first-order chi connectivity index (χ1) is 12.5. The second kappa shape index (κ2) is 5.44. The summed E-state index contributed by atoms with van der Waals surface area (Å²) in [7, 11) is 1.60. The first-order valence-corrected chi connectivity index (χ1v) is 10.0. The minimum Gasteiger partial charge on any atom is -0.316 e. The molecule has 1 aromatic heterocycles. The molecule has 6 nitrogen and oxygen atoms in total. The zero-order valence-corrected chi connectivity index (χ0v) is 15.5. The van der Waals surface area contributed by atoms with E-state index in [9.17, 15) is 14.4 Å². The highest BCUT2D eigenvalue weighted by molar-refractivity contribution is 7.99. The SMILES string of the molecule is CC(=O)n1cc([C@H]2[C@@H]3C(=O)N(C)C(=O)[C@@H]3[C@H]3CSC[NH+]32)c2ccccc21. The second-order valence-corrected chi connectivity index (χ2v) is 8.48. The van der Waals surface area contributed by atoms with Crippen LogP contribution in [-0.2, 0) is 9.59 Å². The van der Waals surface area contributed by atoms with E-state index >= 15 is 0 Å². The number of imide groups is 1. The summed E-state index contributed by atoms with van der Waals surface area (Å²) < 4.78 is 1.67. The molecular weight excluding hydrogens is 350 g/mol. The highest BCUT2D eigenvalue weighted by Gasteiger charge is 2.66. The fraction of sp³-hybridized carbons (Fsp3) is 0.421. The Morgan fingerprint density at radius 3 is 2.69 bits per heavy atom. The lowest BCUT2D eigenvalue weighted by atomic mass is 9.86. The van der Waals surface area contributed by atoms with Crippen LogP contribution in [0.3, 0.4) is 0 Å². The molecule has 3 saturated heterocycles. The minimum atomic E-state index is -0.320. The van der Waals surface area contributed by atoms with E-state index in [2.05, 4.69) is 0 Å². The molecule has 134 valence electrons. The quantitative estimate of drug-likeness (QED) is 0.745. The molecule has 1 unspecified atom stereocenters. The highest BCUT2D eigenvalue weighted by atomic mass is 32.2. The monoisotopic (exact) mass is 370 g/mol. The van der Waals surface area contributed by atoms with Crippen molar-refractivity contribution in [3.8, 4) is 0 Å². The van der Waals surface area contributed by atoms with E-state index in [0.717, 1.165) is 28.1 Å². The molecule has 0 saturated carbocycles. The summed E-state index contributed by atoms with van der Waals surface area (Å²) in [6.07, 6.45) is 1.89. The average molecular weight is 370 g/mol. The molecule has 0 radical (unpaired) electrons. The number of hydrogen-bond acceptors (Lipinski definition) is 4. The van der Waals surface area contributed by atoms with Gasteiger partial charge in [0.1, 0.15) is 29.8 Å². The number of rotatable bonds is 1. The van der Waals surface area contributed by atoms with E-state index in [-0.39, 0.29) is 41.6 Å². The normalized spacial score (nSPS) is 33.2. The zero-order chi connectivity index (χ0) is 18.2. The lowest BCUT2D eigenvalue weighted by Crippen LogP contribution is -3.12. The number of amides is 2. The molecule has 7 heteroatoms. The Bertz CT molecular complexity index is 968. The van der Waals surface area contributed by atoms with Crippen LogP contribution < -0.4 is 4.90 Å². The van der Waals surface area contributed by atoms with Gasteiger partial charge in [-0.25, -0.2) is 0 Å². The van der Waals surface area contributed by atoms with Crippen LogP contribution in [0.4, 0.5) is 0 Å². The third-order valence-corrected chi connectivity index (χ3v) is 7.40. The number of aromatic nitrogens is 1. The number of fused-ring (bicyclic) bond motifs is 4. The number of likely N-dealkylation sites (tertiary alicyclic amines) is 1. The fourth-order valence-electron chi connectivity index (χ4n) is 5.15. The van der Waals surface area contributed by atoms with Crippen LogP contribution in [-0.4, -0.2) is 51.9 Å². The molecule has 3 aliphatic rings. The summed E-state index contributed by atoms with van der Waals surface area (Å²) in [5.74, 6) is 1.09. The van der Waals surface area contributed by atoms with Gasteiger partial charge in [-0.2, -0.15) is 0 Å².